The van der Waals surface area contributed by atoms with E-state index < -0.39 is 0 Å². The van der Waals surface area contributed by atoms with E-state index in [4.69, 9.17) is 10.5 Å². The van der Waals surface area contributed by atoms with Gasteiger partial charge in [0.1, 0.15) is 5.75 Å². The maximum Gasteiger partial charge on any atom is 0.124 e. The van der Waals surface area contributed by atoms with Crippen LogP contribution in [0.3, 0.4) is 0 Å². The van der Waals surface area contributed by atoms with E-state index in [1.165, 1.54) is 17.7 Å². The third-order valence-electron chi connectivity index (χ3n) is 2.69. The molecule has 1 aliphatic carbocycles. The van der Waals surface area contributed by atoms with E-state index >= 15 is 0 Å². The summed E-state index contributed by atoms with van der Waals surface area (Å²) in [7, 11) is 0. The van der Waals surface area contributed by atoms with Gasteiger partial charge in [-0.25, -0.2) is 0 Å². The lowest BCUT2D eigenvalue weighted by atomic mass is 10.2. The van der Waals surface area contributed by atoms with Gasteiger partial charge in [-0.15, -0.1) is 11.8 Å². The van der Waals surface area contributed by atoms with Crippen molar-refractivity contribution in [2.45, 2.75) is 24.3 Å². The molecule has 0 heterocycles. The third kappa shape index (κ3) is 2.67. The first-order chi connectivity index (χ1) is 7.35. The second-order valence-electron chi connectivity index (χ2n) is 3.90. The maximum absolute atomic E-state index is 5.80. The topological polar surface area (TPSA) is 35.2 Å². The van der Waals surface area contributed by atoms with Crippen molar-refractivity contribution < 1.29 is 4.74 Å². The van der Waals surface area contributed by atoms with Crippen LogP contribution in [0.5, 0.6) is 5.75 Å². The fraction of sp³-hybridized carbons (Fsp3) is 0.500. The summed E-state index contributed by atoms with van der Waals surface area (Å²) in [5.41, 5.74) is 6.90. The molecule has 15 heavy (non-hydrogen) atoms. The molecule has 0 radical (unpaired) electrons. The van der Waals surface area contributed by atoms with Crippen molar-refractivity contribution in [2.75, 3.05) is 12.9 Å². The minimum absolute atomic E-state index is 0.553. The molecular weight excluding hydrogens is 206 g/mol. The van der Waals surface area contributed by atoms with Crippen molar-refractivity contribution in [1.82, 2.24) is 0 Å². The van der Waals surface area contributed by atoms with Crippen molar-refractivity contribution >= 4 is 11.8 Å². The summed E-state index contributed by atoms with van der Waals surface area (Å²) in [6, 6.07) is 6.15. The van der Waals surface area contributed by atoms with Gasteiger partial charge in [-0.2, -0.15) is 0 Å². The van der Waals surface area contributed by atoms with Gasteiger partial charge in [0.25, 0.3) is 0 Å². The predicted octanol–water partition coefficient (Wildman–Crippen LogP) is 2.66. The molecular formula is C12H17NOS. The van der Waals surface area contributed by atoms with Crippen LogP contribution in [0.15, 0.2) is 23.1 Å². The Morgan fingerprint density at radius 3 is 2.87 bits per heavy atom. The molecule has 0 amide bonds. The maximum atomic E-state index is 5.80. The van der Waals surface area contributed by atoms with E-state index in [9.17, 15) is 0 Å². The zero-order valence-electron chi connectivity index (χ0n) is 9.03. The number of ether oxygens (including phenoxy) is 1. The minimum Gasteiger partial charge on any atom is -0.493 e. The average molecular weight is 223 g/mol. The lowest BCUT2D eigenvalue weighted by Gasteiger charge is -2.12. The standard InChI is InChI=1S/C12H17NOS/c1-15-12-4-2-3-11(10(12)7-13)14-8-9-5-6-9/h2-4,9H,5-8,13H2,1H3. The van der Waals surface area contributed by atoms with Crippen LogP contribution >= 0.6 is 11.8 Å². The van der Waals surface area contributed by atoms with Crippen LogP contribution in [0, 0.1) is 5.92 Å². The smallest absolute Gasteiger partial charge is 0.124 e. The van der Waals surface area contributed by atoms with Gasteiger partial charge in [0.15, 0.2) is 0 Å². The monoisotopic (exact) mass is 223 g/mol. The van der Waals surface area contributed by atoms with Crippen LogP contribution in [0.2, 0.25) is 0 Å². The number of hydrogen-bond acceptors (Lipinski definition) is 3. The highest BCUT2D eigenvalue weighted by atomic mass is 32.2. The number of nitrogens with two attached hydrogens (primary N) is 1. The minimum atomic E-state index is 0.553. The van der Waals surface area contributed by atoms with Gasteiger partial charge in [0, 0.05) is 17.0 Å². The van der Waals surface area contributed by atoms with Gasteiger partial charge in [-0.05, 0) is 37.1 Å². The molecule has 0 aromatic heterocycles. The molecule has 2 nitrogen and oxygen atoms in total. The Kier molecular flexibility index (Phi) is 3.54. The lowest BCUT2D eigenvalue weighted by Crippen LogP contribution is -2.06. The Balaban J connectivity index is 2.12. The lowest BCUT2D eigenvalue weighted by molar-refractivity contribution is 0.296. The summed E-state index contributed by atoms with van der Waals surface area (Å²) in [6.45, 7) is 1.40. The Hall–Kier alpha value is -0.670. The van der Waals surface area contributed by atoms with Gasteiger partial charge in [-0.1, -0.05) is 6.07 Å². The Bertz CT molecular complexity index is 336. The zero-order valence-corrected chi connectivity index (χ0v) is 9.85. The molecule has 1 saturated carbocycles. The molecule has 2 N–H and O–H groups in total. The van der Waals surface area contributed by atoms with E-state index in [0.29, 0.717) is 6.54 Å². The fourth-order valence-corrected chi connectivity index (χ4v) is 2.21. The first kappa shape index (κ1) is 10.8. The summed E-state index contributed by atoms with van der Waals surface area (Å²) in [4.78, 5) is 1.23. The Morgan fingerprint density at radius 1 is 1.47 bits per heavy atom. The summed E-state index contributed by atoms with van der Waals surface area (Å²) in [5, 5.41) is 0. The molecule has 1 aromatic rings. The molecule has 2 rings (SSSR count). The fourth-order valence-electron chi connectivity index (χ4n) is 1.57. The molecule has 0 spiro atoms. The van der Waals surface area contributed by atoms with E-state index in [1.54, 1.807) is 11.8 Å². The molecule has 0 unspecified atom stereocenters. The summed E-state index contributed by atoms with van der Waals surface area (Å²) >= 11 is 1.72. The highest BCUT2D eigenvalue weighted by molar-refractivity contribution is 7.98. The van der Waals surface area contributed by atoms with Gasteiger partial charge in [0.2, 0.25) is 0 Å². The van der Waals surface area contributed by atoms with Crippen LogP contribution in [-0.4, -0.2) is 12.9 Å². The number of rotatable bonds is 5. The second kappa shape index (κ2) is 4.90. The summed E-state index contributed by atoms with van der Waals surface area (Å²) in [6.07, 6.45) is 4.71. The van der Waals surface area contributed by atoms with Gasteiger partial charge < -0.3 is 10.5 Å². The van der Waals surface area contributed by atoms with Crippen molar-refractivity contribution in [3.05, 3.63) is 23.8 Å². The molecule has 0 aliphatic heterocycles. The van der Waals surface area contributed by atoms with Crippen LogP contribution in [-0.2, 0) is 6.54 Å². The van der Waals surface area contributed by atoms with Gasteiger partial charge >= 0.3 is 0 Å². The normalized spacial score (nSPS) is 15.3. The largest absolute Gasteiger partial charge is 0.493 e. The number of thioether (sulfide) groups is 1. The predicted molar refractivity (Wildman–Crippen MR) is 64.3 cm³/mol. The van der Waals surface area contributed by atoms with Crippen LogP contribution in [0.25, 0.3) is 0 Å². The van der Waals surface area contributed by atoms with E-state index in [1.807, 2.05) is 12.1 Å². The second-order valence-corrected chi connectivity index (χ2v) is 4.74. The van der Waals surface area contributed by atoms with E-state index in [-0.39, 0.29) is 0 Å². The first-order valence-corrected chi connectivity index (χ1v) is 6.56. The van der Waals surface area contributed by atoms with Crippen molar-refractivity contribution in [2.24, 2.45) is 11.7 Å². The van der Waals surface area contributed by atoms with Gasteiger partial charge in [0.05, 0.1) is 6.61 Å². The summed E-state index contributed by atoms with van der Waals surface area (Å²) < 4.78 is 5.80. The quantitative estimate of drug-likeness (QED) is 0.779. The average Bonchev–Trinajstić information content (AvgIpc) is 3.09. The third-order valence-corrected chi connectivity index (χ3v) is 3.51. The molecule has 1 fully saturated rings. The van der Waals surface area contributed by atoms with Crippen LogP contribution in [0.1, 0.15) is 18.4 Å². The van der Waals surface area contributed by atoms with Crippen molar-refractivity contribution in [3.63, 3.8) is 0 Å². The van der Waals surface area contributed by atoms with Gasteiger partial charge in [-0.3, -0.25) is 0 Å². The molecule has 3 heteroatoms. The van der Waals surface area contributed by atoms with Crippen molar-refractivity contribution in [1.29, 1.82) is 0 Å². The molecule has 1 aromatic carbocycles. The molecule has 0 saturated heterocycles. The highest BCUT2D eigenvalue weighted by Gasteiger charge is 2.22. The molecule has 1 aliphatic rings. The van der Waals surface area contributed by atoms with Crippen LogP contribution in [0.4, 0.5) is 0 Å². The Labute approximate surface area is 95.2 Å². The van der Waals surface area contributed by atoms with Crippen molar-refractivity contribution in [3.8, 4) is 5.75 Å². The van der Waals surface area contributed by atoms with E-state index in [0.717, 1.165) is 23.8 Å². The molecule has 82 valence electrons. The highest BCUT2D eigenvalue weighted by Crippen LogP contribution is 2.32. The molecule has 0 bridgehead atoms. The summed E-state index contributed by atoms with van der Waals surface area (Å²) in [5.74, 6) is 1.75. The zero-order chi connectivity index (χ0) is 10.7. The number of benzene rings is 1. The molecule has 0 atom stereocenters. The Morgan fingerprint density at radius 2 is 2.27 bits per heavy atom. The SMILES string of the molecule is CSc1cccc(OCC2CC2)c1CN. The van der Waals surface area contributed by atoms with E-state index in [2.05, 4.69) is 12.3 Å². The number of hydrogen-bond donors (Lipinski definition) is 1. The van der Waals surface area contributed by atoms with Crippen LogP contribution < -0.4 is 10.5 Å². The first-order valence-electron chi connectivity index (χ1n) is 5.34.